The van der Waals surface area contributed by atoms with Crippen LogP contribution in [0.5, 0.6) is 0 Å². The van der Waals surface area contributed by atoms with Gasteiger partial charge in [-0.25, -0.2) is 4.39 Å². The molecule has 0 spiro atoms. The number of hydrogen-bond acceptors (Lipinski definition) is 2. The van der Waals surface area contributed by atoms with E-state index in [1.807, 2.05) is 19.2 Å². The van der Waals surface area contributed by atoms with E-state index in [4.69, 9.17) is 0 Å². The molecule has 1 heterocycles. The van der Waals surface area contributed by atoms with Crippen LogP contribution in [0.4, 0.5) is 4.39 Å². The van der Waals surface area contributed by atoms with Gasteiger partial charge in [-0.15, -0.1) is 24.0 Å². The molecule has 3 unspecified atom stereocenters. The summed E-state index contributed by atoms with van der Waals surface area (Å²) in [5.74, 6) is 1.03. The lowest BCUT2D eigenvalue weighted by Gasteiger charge is -2.24. The van der Waals surface area contributed by atoms with Crippen molar-refractivity contribution in [3.63, 3.8) is 0 Å². The van der Waals surface area contributed by atoms with Gasteiger partial charge in [0.1, 0.15) is 5.82 Å². The van der Waals surface area contributed by atoms with Crippen LogP contribution < -0.4 is 10.6 Å². The predicted octanol–water partition coefficient (Wildman–Crippen LogP) is 3.48. The van der Waals surface area contributed by atoms with Gasteiger partial charge < -0.3 is 10.6 Å². The van der Waals surface area contributed by atoms with Crippen LogP contribution in [0.3, 0.4) is 0 Å². The molecule has 26 heavy (non-hydrogen) atoms. The van der Waals surface area contributed by atoms with Gasteiger partial charge in [-0.1, -0.05) is 31.0 Å². The SMILES string of the molecule is CN=C(NC1CCN(C2CCCC2)C1)NC1CC1c1ccccc1F.I. The number of nitrogens with zero attached hydrogens (tertiary/aromatic N) is 2. The van der Waals surface area contributed by atoms with Crippen molar-refractivity contribution in [1.29, 1.82) is 0 Å². The van der Waals surface area contributed by atoms with Crippen LogP contribution in [-0.2, 0) is 0 Å². The fraction of sp³-hybridized carbons (Fsp3) is 0.650. The Hall–Kier alpha value is -0.890. The molecule has 0 amide bonds. The van der Waals surface area contributed by atoms with Gasteiger partial charge in [0.25, 0.3) is 0 Å². The molecule has 4 rings (SSSR count). The molecule has 1 aliphatic heterocycles. The fourth-order valence-electron chi connectivity index (χ4n) is 4.52. The number of guanidine groups is 1. The highest BCUT2D eigenvalue weighted by molar-refractivity contribution is 14.0. The summed E-state index contributed by atoms with van der Waals surface area (Å²) in [5, 5.41) is 7.06. The second kappa shape index (κ2) is 8.87. The van der Waals surface area contributed by atoms with Crippen LogP contribution in [0.1, 0.15) is 50.0 Å². The summed E-state index contributed by atoms with van der Waals surface area (Å²) in [6.07, 6.45) is 7.67. The van der Waals surface area contributed by atoms with E-state index < -0.39 is 0 Å². The first-order valence-corrected chi connectivity index (χ1v) is 9.73. The largest absolute Gasteiger partial charge is 0.353 e. The molecule has 4 nitrogen and oxygen atoms in total. The third-order valence-corrected chi connectivity index (χ3v) is 6.04. The summed E-state index contributed by atoms with van der Waals surface area (Å²) < 4.78 is 13.9. The first kappa shape index (κ1) is 19.9. The highest BCUT2D eigenvalue weighted by atomic mass is 127. The van der Waals surface area contributed by atoms with E-state index in [0.717, 1.165) is 30.5 Å². The van der Waals surface area contributed by atoms with Crippen molar-refractivity contribution >= 4 is 29.9 Å². The number of nitrogens with one attached hydrogen (secondary N) is 2. The zero-order valence-corrected chi connectivity index (χ0v) is 17.8. The summed E-state index contributed by atoms with van der Waals surface area (Å²) in [6, 6.07) is 8.67. The molecule has 2 saturated carbocycles. The molecule has 0 bridgehead atoms. The van der Waals surface area contributed by atoms with Crippen molar-refractivity contribution in [2.45, 2.75) is 62.6 Å². The molecule has 2 N–H and O–H groups in total. The zero-order valence-electron chi connectivity index (χ0n) is 15.5. The maximum Gasteiger partial charge on any atom is 0.191 e. The van der Waals surface area contributed by atoms with E-state index in [-0.39, 0.29) is 41.8 Å². The van der Waals surface area contributed by atoms with Gasteiger partial charge in [0.15, 0.2) is 5.96 Å². The molecule has 3 aliphatic rings. The molecular formula is C20H30FIN4. The number of aliphatic imine (C=N–C) groups is 1. The lowest BCUT2D eigenvalue weighted by atomic mass is 10.1. The quantitative estimate of drug-likeness (QED) is 0.401. The van der Waals surface area contributed by atoms with Crippen LogP contribution in [0.25, 0.3) is 0 Å². The second-order valence-electron chi connectivity index (χ2n) is 7.75. The Bertz CT molecular complexity index is 632. The summed E-state index contributed by atoms with van der Waals surface area (Å²) in [5.41, 5.74) is 0.823. The average molecular weight is 472 g/mol. The predicted molar refractivity (Wildman–Crippen MR) is 115 cm³/mol. The zero-order chi connectivity index (χ0) is 17.2. The van der Waals surface area contributed by atoms with Gasteiger partial charge in [-0.2, -0.15) is 0 Å². The van der Waals surface area contributed by atoms with Crippen molar-refractivity contribution in [2.75, 3.05) is 20.1 Å². The molecule has 1 aromatic carbocycles. The summed E-state index contributed by atoms with van der Waals surface area (Å²) in [4.78, 5) is 7.04. The van der Waals surface area contributed by atoms with E-state index in [1.165, 1.54) is 38.6 Å². The monoisotopic (exact) mass is 472 g/mol. The van der Waals surface area contributed by atoms with Gasteiger partial charge >= 0.3 is 0 Å². The Labute approximate surface area is 173 Å². The molecule has 6 heteroatoms. The molecule has 0 radical (unpaired) electrons. The second-order valence-corrected chi connectivity index (χ2v) is 7.75. The Morgan fingerprint density at radius 1 is 1.15 bits per heavy atom. The summed E-state index contributed by atoms with van der Waals surface area (Å²) in [6.45, 7) is 2.31. The Balaban J connectivity index is 0.00000196. The minimum atomic E-state index is -0.0947. The first-order valence-electron chi connectivity index (χ1n) is 9.73. The minimum absolute atomic E-state index is 0. The molecule has 3 atom stereocenters. The number of rotatable bonds is 4. The van der Waals surface area contributed by atoms with E-state index in [2.05, 4.69) is 20.5 Å². The number of benzene rings is 1. The molecule has 3 fully saturated rings. The average Bonchev–Trinajstić information content (AvgIpc) is 3.03. The third kappa shape index (κ3) is 4.50. The maximum absolute atomic E-state index is 13.9. The Morgan fingerprint density at radius 2 is 1.92 bits per heavy atom. The lowest BCUT2D eigenvalue weighted by molar-refractivity contribution is 0.242. The van der Waals surface area contributed by atoms with Crippen LogP contribution >= 0.6 is 24.0 Å². The lowest BCUT2D eigenvalue weighted by Crippen LogP contribution is -2.46. The van der Waals surface area contributed by atoms with E-state index >= 15 is 0 Å². The fourth-order valence-corrected chi connectivity index (χ4v) is 4.52. The number of likely N-dealkylation sites (tertiary alicyclic amines) is 1. The molecule has 0 aromatic heterocycles. The summed E-state index contributed by atoms with van der Waals surface area (Å²) in [7, 11) is 1.82. The van der Waals surface area contributed by atoms with Crippen molar-refractivity contribution < 1.29 is 4.39 Å². The van der Waals surface area contributed by atoms with Crippen LogP contribution in [0.2, 0.25) is 0 Å². The van der Waals surface area contributed by atoms with Crippen LogP contribution in [-0.4, -0.2) is 49.1 Å². The van der Waals surface area contributed by atoms with Crippen LogP contribution in [0, 0.1) is 5.82 Å². The number of hydrogen-bond donors (Lipinski definition) is 2. The topological polar surface area (TPSA) is 39.7 Å². The van der Waals surface area contributed by atoms with E-state index in [0.29, 0.717) is 6.04 Å². The maximum atomic E-state index is 13.9. The van der Waals surface area contributed by atoms with Crippen molar-refractivity contribution in [1.82, 2.24) is 15.5 Å². The molecule has 1 aromatic rings. The highest BCUT2D eigenvalue weighted by Crippen LogP contribution is 2.41. The van der Waals surface area contributed by atoms with Crippen LogP contribution in [0.15, 0.2) is 29.3 Å². The smallest absolute Gasteiger partial charge is 0.191 e. The number of halogens is 2. The molecular weight excluding hydrogens is 442 g/mol. The first-order chi connectivity index (χ1) is 12.2. The third-order valence-electron chi connectivity index (χ3n) is 6.04. The van der Waals surface area contributed by atoms with Crippen molar-refractivity contribution in [2.24, 2.45) is 4.99 Å². The Morgan fingerprint density at radius 3 is 2.65 bits per heavy atom. The Kier molecular flexibility index (Phi) is 6.77. The van der Waals surface area contributed by atoms with Crippen molar-refractivity contribution in [3.05, 3.63) is 35.6 Å². The molecule has 1 saturated heterocycles. The highest BCUT2D eigenvalue weighted by Gasteiger charge is 2.41. The van der Waals surface area contributed by atoms with Gasteiger partial charge in [-0.05, 0) is 37.3 Å². The van der Waals surface area contributed by atoms with Gasteiger partial charge in [0.2, 0.25) is 0 Å². The molecule has 2 aliphatic carbocycles. The van der Waals surface area contributed by atoms with Gasteiger partial charge in [0.05, 0.1) is 0 Å². The van der Waals surface area contributed by atoms with E-state index in [1.54, 1.807) is 12.1 Å². The molecule has 144 valence electrons. The van der Waals surface area contributed by atoms with Crippen molar-refractivity contribution in [3.8, 4) is 0 Å². The standard InChI is InChI=1S/C20H29FN4.HI/c1-22-20(23-14-10-11-25(13-14)15-6-2-3-7-15)24-19-12-17(19)16-8-4-5-9-18(16)21;/h4-5,8-9,14-15,17,19H,2-3,6-7,10-13H2,1H3,(H2,22,23,24);1H. The van der Waals surface area contributed by atoms with Gasteiger partial charge in [0, 0.05) is 44.2 Å². The summed E-state index contributed by atoms with van der Waals surface area (Å²) >= 11 is 0. The minimum Gasteiger partial charge on any atom is -0.353 e. The van der Waals surface area contributed by atoms with E-state index in [9.17, 15) is 4.39 Å². The van der Waals surface area contributed by atoms with Gasteiger partial charge in [-0.3, -0.25) is 9.89 Å². The normalized spacial score (nSPS) is 29.5.